The molecule has 29 heavy (non-hydrogen) atoms. The number of amides is 1. The second kappa shape index (κ2) is 7.18. The molecule has 4 aliphatic rings. The number of allylic oxidation sites excluding steroid dienone is 1. The fourth-order valence-corrected chi connectivity index (χ4v) is 5.56. The Morgan fingerprint density at radius 3 is 2.66 bits per heavy atom. The van der Waals surface area contributed by atoms with Gasteiger partial charge in [-0.3, -0.25) is 9.59 Å². The van der Waals surface area contributed by atoms with Crippen molar-refractivity contribution in [2.24, 2.45) is 0 Å². The molecule has 1 aromatic carbocycles. The molecule has 1 aliphatic carbocycles. The summed E-state index contributed by atoms with van der Waals surface area (Å²) in [7, 11) is 0. The Hall–Kier alpha value is -2.32. The Balaban J connectivity index is 1.31. The summed E-state index contributed by atoms with van der Waals surface area (Å²) in [6.45, 7) is 2.70. The highest BCUT2D eigenvalue weighted by Crippen LogP contribution is 2.47. The number of Topliss-reactive ketones (excluding diaryl/α,β-unsaturated/α-hetero) is 2. The first-order valence-corrected chi connectivity index (χ1v) is 11.0. The lowest BCUT2D eigenvalue weighted by Crippen LogP contribution is -2.51. The van der Waals surface area contributed by atoms with Crippen molar-refractivity contribution < 1.29 is 23.9 Å². The maximum absolute atomic E-state index is 12.5. The maximum Gasteiger partial charge on any atom is 0.410 e. The van der Waals surface area contributed by atoms with Crippen molar-refractivity contribution >= 4 is 35.2 Å². The number of piperidine rings is 1. The van der Waals surface area contributed by atoms with Crippen LogP contribution >= 0.6 is 11.8 Å². The highest BCUT2D eigenvalue weighted by molar-refractivity contribution is 8.04. The van der Waals surface area contributed by atoms with Gasteiger partial charge in [0.2, 0.25) is 11.6 Å². The first-order valence-electron chi connectivity index (χ1n) is 9.97. The van der Waals surface area contributed by atoms with Crippen molar-refractivity contribution in [1.29, 1.82) is 0 Å². The topological polar surface area (TPSA) is 84.9 Å². The quantitative estimate of drug-likeness (QED) is 0.706. The van der Waals surface area contributed by atoms with Crippen LogP contribution in [0.4, 0.5) is 4.79 Å². The molecule has 0 radical (unpaired) electrons. The molecule has 1 amide bonds. The number of fused-ring (bicyclic) bond motifs is 2. The first kappa shape index (κ1) is 18.7. The number of hydrogen-bond donors (Lipinski definition) is 1. The van der Waals surface area contributed by atoms with E-state index in [4.69, 9.17) is 9.47 Å². The molecule has 1 unspecified atom stereocenters. The number of rotatable bonds is 1. The molecular formula is C21H22N2O5S. The van der Waals surface area contributed by atoms with E-state index < -0.39 is 17.2 Å². The molecule has 0 aromatic heterocycles. The number of hydrogen-bond acceptors (Lipinski definition) is 7. The lowest BCUT2D eigenvalue weighted by molar-refractivity contribution is -0.111. The molecule has 2 saturated heterocycles. The van der Waals surface area contributed by atoms with Gasteiger partial charge in [-0.1, -0.05) is 24.3 Å². The zero-order chi connectivity index (χ0) is 20.0. The fraction of sp³-hybridized carbons (Fsp3) is 0.476. The maximum atomic E-state index is 12.5. The van der Waals surface area contributed by atoms with Crippen LogP contribution in [0.3, 0.4) is 0 Å². The van der Waals surface area contributed by atoms with Crippen LogP contribution in [-0.2, 0) is 14.3 Å². The average molecular weight is 414 g/mol. The smallest absolute Gasteiger partial charge is 0.410 e. The summed E-state index contributed by atoms with van der Waals surface area (Å²) in [4.78, 5) is 39.5. The van der Waals surface area contributed by atoms with Gasteiger partial charge in [0.1, 0.15) is 22.4 Å². The van der Waals surface area contributed by atoms with Gasteiger partial charge in [-0.2, -0.15) is 0 Å². The number of ether oxygens (including phenoxy) is 2. The molecule has 3 aliphatic heterocycles. The summed E-state index contributed by atoms with van der Waals surface area (Å²) in [6, 6.07) is 7.10. The Kier molecular flexibility index (Phi) is 4.63. The zero-order valence-corrected chi connectivity index (χ0v) is 16.8. The third kappa shape index (κ3) is 3.24. The summed E-state index contributed by atoms with van der Waals surface area (Å²) in [5, 5.41) is 3.19. The molecule has 1 aromatic rings. The minimum atomic E-state index is -0.482. The van der Waals surface area contributed by atoms with Gasteiger partial charge in [0.15, 0.2) is 0 Å². The molecule has 7 nitrogen and oxygen atoms in total. The molecule has 1 N–H and O–H groups in total. The third-order valence-corrected chi connectivity index (χ3v) is 7.38. The summed E-state index contributed by atoms with van der Waals surface area (Å²) in [5.74, 6) is 0.173. The molecule has 8 heteroatoms. The van der Waals surface area contributed by atoms with Gasteiger partial charge >= 0.3 is 6.09 Å². The number of ketones is 2. The van der Waals surface area contributed by atoms with Gasteiger partial charge < -0.3 is 19.7 Å². The normalized spacial score (nSPS) is 25.5. The summed E-state index contributed by atoms with van der Waals surface area (Å²) in [5.41, 5.74) is 0.650. The van der Waals surface area contributed by atoms with Crippen LogP contribution in [-0.4, -0.2) is 66.2 Å². The van der Waals surface area contributed by atoms with Gasteiger partial charge in [0.25, 0.3) is 0 Å². The standard InChI is InChI=1S/C21H22N2O5S/c24-16-14-3-1-2-4-15(14)18-19(17(16)25)29-12-21(28-18)6-9-23(10-7-21)20(26)27-13-5-8-22-11-13/h1-4,13,22H,5-12H2. The van der Waals surface area contributed by atoms with E-state index in [0.717, 1.165) is 13.0 Å². The Labute approximate surface area is 172 Å². The number of likely N-dealkylation sites (tertiary alicyclic amines) is 1. The summed E-state index contributed by atoms with van der Waals surface area (Å²) in [6.07, 6.45) is 1.88. The van der Waals surface area contributed by atoms with Crippen LogP contribution in [0.25, 0.3) is 5.76 Å². The van der Waals surface area contributed by atoms with Gasteiger partial charge in [0.05, 0.1) is 0 Å². The molecule has 0 bridgehead atoms. The Morgan fingerprint density at radius 2 is 1.93 bits per heavy atom. The number of nitrogens with one attached hydrogen (secondary N) is 1. The van der Waals surface area contributed by atoms with E-state index in [-0.39, 0.29) is 12.2 Å². The number of carbonyl (C=O) groups is 3. The van der Waals surface area contributed by atoms with E-state index in [9.17, 15) is 14.4 Å². The van der Waals surface area contributed by atoms with Gasteiger partial charge in [-0.25, -0.2) is 4.79 Å². The predicted molar refractivity (Wildman–Crippen MR) is 108 cm³/mol. The van der Waals surface area contributed by atoms with Crippen molar-refractivity contribution in [3.63, 3.8) is 0 Å². The Bertz CT molecular complexity index is 913. The van der Waals surface area contributed by atoms with Crippen molar-refractivity contribution in [1.82, 2.24) is 10.2 Å². The molecule has 152 valence electrons. The zero-order valence-electron chi connectivity index (χ0n) is 15.9. The molecule has 1 atom stereocenters. The van der Waals surface area contributed by atoms with Crippen LogP contribution in [0.15, 0.2) is 29.2 Å². The highest BCUT2D eigenvalue weighted by atomic mass is 32.2. The van der Waals surface area contributed by atoms with E-state index >= 15 is 0 Å². The van der Waals surface area contributed by atoms with Crippen molar-refractivity contribution in [3.8, 4) is 0 Å². The van der Waals surface area contributed by atoms with E-state index in [1.165, 1.54) is 11.8 Å². The minimum absolute atomic E-state index is 0.0464. The van der Waals surface area contributed by atoms with Gasteiger partial charge in [-0.05, 0) is 13.0 Å². The average Bonchev–Trinajstić information content (AvgIpc) is 3.25. The van der Waals surface area contributed by atoms with Crippen molar-refractivity contribution in [3.05, 3.63) is 40.3 Å². The lowest BCUT2D eigenvalue weighted by Gasteiger charge is -2.45. The lowest BCUT2D eigenvalue weighted by atomic mass is 9.90. The SMILES string of the molecule is O=C1C(=O)c2ccccc2C2=C1SCC1(CCN(C(=O)OC3CCNC3)CC1)O2. The largest absolute Gasteiger partial charge is 0.484 e. The number of benzene rings is 1. The van der Waals surface area contributed by atoms with Gasteiger partial charge in [0, 0.05) is 49.4 Å². The highest BCUT2D eigenvalue weighted by Gasteiger charge is 2.46. The monoisotopic (exact) mass is 414 g/mol. The van der Waals surface area contributed by atoms with Crippen LogP contribution in [0.2, 0.25) is 0 Å². The summed E-state index contributed by atoms with van der Waals surface area (Å²) < 4.78 is 12.0. The van der Waals surface area contributed by atoms with E-state index in [1.54, 1.807) is 17.0 Å². The summed E-state index contributed by atoms with van der Waals surface area (Å²) >= 11 is 1.41. The first-order chi connectivity index (χ1) is 14.1. The molecule has 3 heterocycles. The molecular weight excluding hydrogens is 392 g/mol. The van der Waals surface area contributed by atoms with Crippen LogP contribution in [0.1, 0.15) is 35.2 Å². The second-order valence-electron chi connectivity index (χ2n) is 7.92. The third-order valence-electron chi connectivity index (χ3n) is 6.05. The molecule has 2 fully saturated rings. The van der Waals surface area contributed by atoms with Crippen molar-refractivity contribution in [2.45, 2.75) is 31.0 Å². The molecule has 0 saturated carbocycles. The van der Waals surface area contributed by atoms with Crippen LogP contribution in [0.5, 0.6) is 0 Å². The van der Waals surface area contributed by atoms with Crippen LogP contribution < -0.4 is 5.32 Å². The predicted octanol–water partition coefficient (Wildman–Crippen LogP) is 2.22. The van der Waals surface area contributed by atoms with Crippen LogP contribution in [0, 0.1) is 0 Å². The van der Waals surface area contributed by atoms with Crippen molar-refractivity contribution in [2.75, 3.05) is 31.9 Å². The number of nitrogens with zero attached hydrogens (tertiary/aromatic N) is 1. The molecule has 1 spiro atoms. The van der Waals surface area contributed by atoms with Gasteiger partial charge in [-0.15, -0.1) is 11.8 Å². The number of carbonyl (C=O) groups excluding carboxylic acids is 3. The minimum Gasteiger partial charge on any atom is -0.484 e. The van der Waals surface area contributed by atoms with E-state index in [1.807, 2.05) is 12.1 Å². The molecule has 5 rings (SSSR count). The second-order valence-corrected chi connectivity index (χ2v) is 8.91. The Morgan fingerprint density at radius 1 is 1.17 bits per heavy atom. The fourth-order valence-electron chi connectivity index (χ4n) is 4.30. The van der Waals surface area contributed by atoms with E-state index in [0.29, 0.717) is 60.0 Å². The number of thioether (sulfide) groups is 1. The van der Waals surface area contributed by atoms with E-state index in [2.05, 4.69) is 5.32 Å².